The van der Waals surface area contributed by atoms with Gasteiger partial charge in [0, 0.05) is 24.8 Å². The normalized spacial score (nSPS) is 12.8. The molecule has 0 saturated carbocycles. The molecule has 0 spiro atoms. The zero-order valence-corrected chi connectivity index (χ0v) is 13.1. The summed E-state index contributed by atoms with van der Waals surface area (Å²) < 4.78 is 0. The largest absolute Gasteiger partial charge is 2.00 e. The standard InChI is InChI=1S/2C5H5N3O2.Mn.3H2O/c2*6-4-3(5(9)10)7-1-2-8-4;;;;/h1-2H,(H2,6,8)(H,9,10);1-2,6,9-10H;;3*1H2/q;;+2;;;. The van der Waals surface area contributed by atoms with E-state index in [2.05, 4.69) is 20.0 Å². The molecule has 13 nitrogen and oxygen atoms in total. The molecule has 2 rings (SSSR count). The Morgan fingerprint density at radius 1 is 1.12 bits per heavy atom. The third-order valence-electron chi connectivity index (χ3n) is 1.82. The third kappa shape index (κ3) is 8.52. The van der Waals surface area contributed by atoms with E-state index in [9.17, 15) is 15.0 Å². The topological polar surface area (TPSA) is 281 Å². The second kappa shape index (κ2) is 13.7. The van der Waals surface area contributed by atoms with Crippen LogP contribution in [0.25, 0.3) is 0 Å². The predicted octanol–water partition coefficient (Wildman–Crippen LogP) is -5.04. The van der Waals surface area contributed by atoms with E-state index in [4.69, 9.17) is 16.2 Å². The smallest absolute Gasteiger partial charge is 0.628 e. The first-order valence-electron chi connectivity index (χ1n) is 4.97. The number of aromatic nitrogens is 2. The van der Waals surface area contributed by atoms with Crippen LogP contribution in [0.5, 0.6) is 0 Å². The van der Waals surface area contributed by atoms with Crippen LogP contribution in [-0.2, 0) is 28.0 Å². The number of carboxylic acid groups (broad SMARTS) is 1. The second-order valence-corrected chi connectivity index (χ2v) is 3.14. The molecule has 12 N–H and O–H groups in total. The van der Waals surface area contributed by atoms with Crippen molar-refractivity contribution in [2.24, 2.45) is 9.98 Å². The molecule has 0 unspecified atom stereocenters. The van der Waals surface area contributed by atoms with Crippen LogP contribution in [0.15, 0.2) is 34.0 Å². The van der Waals surface area contributed by atoms with E-state index >= 15 is 0 Å². The zero-order valence-electron chi connectivity index (χ0n) is 11.9. The van der Waals surface area contributed by atoms with Crippen molar-refractivity contribution in [3.8, 4) is 0 Å². The van der Waals surface area contributed by atoms with Gasteiger partial charge in [-0.2, -0.15) is 0 Å². The first-order chi connectivity index (χ1) is 9.43. The van der Waals surface area contributed by atoms with E-state index in [-0.39, 0.29) is 56.5 Å². The Balaban J connectivity index is -0.000000143. The number of anilines is 1. The van der Waals surface area contributed by atoms with Crippen molar-refractivity contribution in [3.05, 3.63) is 29.7 Å². The summed E-state index contributed by atoms with van der Waals surface area (Å²) in [5, 5.41) is 35.6. The van der Waals surface area contributed by atoms with Gasteiger partial charge in [0.15, 0.2) is 11.7 Å². The van der Waals surface area contributed by atoms with Gasteiger partial charge in [0.1, 0.15) is 11.4 Å². The van der Waals surface area contributed by atoms with Crippen LogP contribution in [0.1, 0.15) is 10.5 Å². The zero-order chi connectivity index (χ0) is 15.1. The molecular weight excluding hydrogens is 371 g/mol. The molecule has 0 bridgehead atoms. The first kappa shape index (κ1) is 29.2. The van der Waals surface area contributed by atoms with Crippen LogP contribution in [0.2, 0.25) is 0 Å². The Labute approximate surface area is 145 Å². The average molecular weight is 387 g/mol. The molecule has 0 aliphatic carbocycles. The van der Waals surface area contributed by atoms with E-state index in [1.807, 2.05) is 0 Å². The number of aromatic carboxylic acids is 1. The number of nitrogen functional groups attached to an aromatic ring is 1. The number of hydrogen-bond donors (Lipinski definition) is 3. The molecule has 1 aromatic heterocycles. The number of aliphatic hydroxyl groups is 1. The van der Waals surface area contributed by atoms with Crippen molar-refractivity contribution >= 4 is 30.1 Å². The van der Waals surface area contributed by atoms with Gasteiger partial charge in [-0.15, -0.1) is 0 Å². The molecule has 14 heteroatoms. The maximum atomic E-state index is 10.2. The van der Waals surface area contributed by atoms with Crippen molar-refractivity contribution in [1.29, 1.82) is 5.41 Å². The predicted molar refractivity (Wildman–Crippen MR) is 78.5 cm³/mol. The minimum atomic E-state index is -1.41. The van der Waals surface area contributed by atoms with Crippen molar-refractivity contribution in [2.75, 3.05) is 5.73 Å². The minimum absolute atomic E-state index is 0. The summed E-state index contributed by atoms with van der Waals surface area (Å²) in [7, 11) is 0. The number of nitrogens with two attached hydrogens (primary N) is 1. The number of amidine groups is 1. The molecular formula is C10H16MnN6O7+2. The van der Waals surface area contributed by atoms with Gasteiger partial charge in [-0.25, -0.2) is 20.0 Å². The molecule has 1 aliphatic rings. The second-order valence-electron chi connectivity index (χ2n) is 3.14. The Morgan fingerprint density at radius 3 is 1.96 bits per heavy atom. The minimum Gasteiger partial charge on any atom is -0.628 e. The molecule has 0 atom stereocenters. The number of aliphatic imine (C=N–C) groups is 2. The van der Waals surface area contributed by atoms with Crippen molar-refractivity contribution in [3.63, 3.8) is 0 Å². The van der Waals surface area contributed by atoms with Gasteiger partial charge in [0.2, 0.25) is 0 Å². The fraction of sp³-hybridized carbons (Fsp3) is 0. The molecule has 0 saturated heterocycles. The first-order valence-corrected chi connectivity index (χ1v) is 4.97. The summed E-state index contributed by atoms with van der Waals surface area (Å²) in [6.07, 6.45) is 5.06. The van der Waals surface area contributed by atoms with Gasteiger partial charge >= 0.3 is 17.1 Å². The Hall–Kier alpha value is -2.90. The van der Waals surface area contributed by atoms with Gasteiger partial charge in [-0.1, -0.05) is 0 Å². The number of carbonyl (C=O) groups excluding carboxylic acids is 1. The molecule has 1 aliphatic heterocycles. The number of rotatable bonds is 1. The molecule has 0 aromatic carbocycles. The SMILES string of the molecule is N=C1N=CC=N/C1=C(\[O-])O.Nc1nccnc1C(=O)[O-].O.[Mn+2].[OH3+].[OH3+]. The van der Waals surface area contributed by atoms with Gasteiger partial charge in [0.05, 0.1) is 11.9 Å². The number of carboxylic acids is 1. The van der Waals surface area contributed by atoms with Crippen LogP contribution >= 0.6 is 0 Å². The molecule has 1 radical (unpaired) electrons. The third-order valence-corrected chi connectivity index (χ3v) is 1.82. The summed E-state index contributed by atoms with van der Waals surface area (Å²) >= 11 is 0. The summed E-state index contributed by atoms with van der Waals surface area (Å²) in [6.45, 7) is 0. The number of nitrogens with zero attached hydrogens (tertiary/aromatic N) is 4. The number of carbonyl (C=O) groups is 1. The molecule has 0 fully saturated rings. The van der Waals surface area contributed by atoms with Crippen LogP contribution in [0.4, 0.5) is 5.82 Å². The van der Waals surface area contributed by atoms with E-state index < -0.39 is 11.9 Å². The van der Waals surface area contributed by atoms with Gasteiger partial charge in [-0.3, -0.25) is 5.41 Å². The Kier molecular flexibility index (Phi) is 16.7. The fourth-order valence-corrected chi connectivity index (χ4v) is 1.00. The molecule has 0 amide bonds. The Bertz CT molecular complexity index is 630. The number of aliphatic hydroxyl groups excluding tert-OH is 1. The van der Waals surface area contributed by atoms with Gasteiger partial charge in [-0.05, 0) is 0 Å². The van der Waals surface area contributed by atoms with E-state index in [1.54, 1.807) is 0 Å². The number of hydrogen-bond acceptors (Lipinski definition) is 9. The van der Waals surface area contributed by atoms with E-state index in [0.717, 1.165) is 0 Å². The van der Waals surface area contributed by atoms with E-state index in [0.29, 0.717) is 0 Å². The summed E-state index contributed by atoms with van der Waals surface area (Å²) in [6, 6.07) is 0. The average Bonchev–Trinajstić information content (AvgIpc) is 2.40. The van der Waals surface area contributed by atoms with Crippen LogP contribution in [-0.4, -0.2) is 44.8 Å². The van der Waals surface area contributed by atoms with Crippen LogP contribution in [0, 0.1) is 5.41 Å². The molecule has 2 heterocycles. The summed E-state index contributed by atoms with van der Waals surface area (Å²) in [5.74, 6) is -3.07. The van der Waals surface area contributed by atoms with Crippen molar-refractivity contribution in [2.45, 2.75) is 0 Å². The number of nitrogens with one attached hydrogen (secondary N) is 1. The van der Waals surface area contributed by atoms with Crippen LogP contribution in [0.3, 0.4) is 0 Å². The quantitative estimate of drug-likeness (QED) is 0.239. The fourth-order valence-electron chi connectivity index (χ4n) is 1.00. The van der Waals surface area contributed by atoms with Crippen LogP contribution < -0.4 is 15.9 Å². The maximum absolute atomic E-state index is 10.2. The maximum Gasteiger partial charge on any atom is 2.00 e. The summed E-state index contributed by atoms with van der Waals surface area (Å²) in [5.41, 5.74) is 4.49. The monoisotopic (exact) mass is 387 g/mol. The molecule has 1 aromatic rings. The molecule has 24 heavy (non-hydrogen) atoms. The van der Waals surface area contributed by atoms with Gasteiger partial charge in [0.25, 0.3) is 0 Å². The Morgan fingerprint density at radius 2 is 1.62 bits per heavy atom. The molecule has 133 valence electrons. The van der Waals surface area contributed by atoms with Gasteiger partial charge < -0.3 is 42.3 Å². The summed E-state index contributed by atoms with van der Waals surface area (Å²) in [4.78, 5) is 23.9. The van der Waals surface area contributed by atoms with Crippen molar-refractivity contribution < 1.29 is 53.6 Å². The van der Waals surface area contributed by atoms with E-state index in [1.165, 1.54) is 24.8 Å². The van der Waals surface area contributed by atoms with Crippen molar-refractivity contribution in [1.82, 2.24) is 9.97 Å².